The minimum absolute atomic E-state index is 0.868. The van der Waals surface area contributed by atoms with Gasteiger partial charge in [-0.3, -0.25) is 4.68 Å². The smallest absolute Gasteiger partial charge is 0.151 e. The summed E-state index contributed by atoms with van der Waals surface area (Å²) in [6, 6.07) is 8.58. The molecule has 0 atom stereocenters. The van der Waals surface area contributed by atoms with Crippen molar-refractivity contribution in [2.75, 3.05) is 6.54 Å². The molecule has 1 N–H and O–H groups in total. The standard InChI is InChI=1S/C13H18N4/c1-11-3-5-12(6-4-11)9-14-8-7-13-15-10-17(2)16-13/h3-6,10,14H,7-9H2,1-2H3. The molecule has 0 radical (unpaired) electrons. The van der Waals surface area contributed by atoms with Crippen molar-refractivity contribution in [3.05, 3.63) is 47.5 Å². The van der Waals surface area contributed by atoms with Crippen LogP contribution < -0.4 is 5.32 Å². The first-order valence-corrected chi connectivity index (χ1v) is 5.85. The number of hydrogen-bond acceptors (Lipinski definition) is 3. The maximum atomic E-state index is 4.23. The average Bonchev–Trinajstić information content (AvgIpc) is 2.73. The zero-order valence-corrected chi connectivity index (χ0v) is 10.3. The van der Waals surface area contributed by atoms with E-state index in [0.717, 1.165) is 25.3 Å². The molecule has 1 aromatic heterocycles. The Hall–Kier alpha value is -1.68. The summed E-state index contributed by atoms with van der Waals surface area (Å²) in [5, 5.41) is 7.62. The van der Waals surface area contributed by atoms with E-state index in [1.807, 2.05) is 7.05 Å². The molecular weight excluding hydrogens is 212 g/mol. The zero-order valence-electron chi connectivity index (χ0n) is 10.3. The molecule has 0 fully saturated rings. The fourth-order valence-corrected chi connectivity index (χ4v) is 1.64. The van der Waals surface area contributed by atoms with E-state index in [9.17, 15) is 0 Å². The number of nitrogens with zero attached hydrogens (tertiary/aromatic N) is 3. The fraction of sp³-hybridized carbons (Fsp3) is 0.385. The van der Waals surface area contributed by atoms with Crippen LogP contribution in [-0.2, 0) is 20.0 Å². The summed E-state index contributed by atoms with van der Waals surface area (Å²) in [4.78, 5) is 4.18. The molecule has 0 aliphatic heterocycles. The van der Waals surface area contributed by atoms with Crippen LogP contribution in [0.15, 0.2) is 30.6 Å². The van der Waals surface area contributed by atoms with Gasteiger partial charge in [0.15, 0.2) is 5.82 Å². The zero-order chi connectivity index (χ0) is 12.1. The van der Waals surface area contributed by atoms with Crippen LogP contribution in [0.5, 0.6) is 0 Å². The highest BCUT2D eigenvalue weighted by atomic mass is 15.3. The highest BCUT2D eigenvalue weighted by Crippen LogP contribution is 2.02. The molecule has 4 heteroatoms. The van der Waals surface area contributed by atoms with Crippen molar-refractivity contribution < 1.29 is 0 Å². The number of hydrogen-bond donors (Lipinski definition) is 1. The highest BCUT2D eigenvalue weighted by Gasteiger charge is 1.98. The predicted molar refractivity (Wildman–Crippen MR) is 67.6 cm³/mol. The van der Waals surface area contributed by atoms with Crippen molar-refractivity contribution in [2.24, 2.45) is 7.05 Å². The predicted octanol–water partition coefficient (Wildman–Crippen LogP) is 1.46. The molecule has 1 aromatic carbocycles. The largest absolute Gasteiger partial charge is 0.312 e. The molecule has 2 rings (SSSR count). The van der Waals surface area contributed by atoms with Crippen LogP contribution in [-0.4, -0.2) is 21.3 Å². The Balaban J connectivity index is 1.71. The summed E-state index contributed by atoms with van der Waals surface area (Å²) in [6.07, 6.45) is 2.60. The summed E-state index contributed by atoms with van der Waals surface area (Å²) in [5.41, 5.74) is 2.61. The summed E-state index contributed by atoms with van der Waals surface area (Å²) in [5.74, 6) is 0.893. The second-order valence-corrected chi connectivity index (χ2v) is 4.25. The number of rotatable bonds is 5. The van der Waals surface area contributed by atoms with E-state index in [0.29, 0.717) is 0 Å². The Morgan fingerprint density at radius 1 is 1.24 bits per heavy atom. The van der Waals surface area contributed by atoms with Crippen molar-refractivity contribution in [3.8, 4) is 0 Å². The van der Waals surface area contributed by atoms with Gasteiger partial charge in [0.2, 0.25) is 0 Å². The van der Waals surface area contributed by atoms with Crippen molar-refractivity contribution in [1.29, 1.82) is 0 Å². The van der Waals surface area contributed by atoms with Crippen LogP contribution >= 0.6 is 0 Å². The fourth-order valence-electron chi connectivity index (χ4n) is 1.64. The van der Waals surface area contributed by atoms with Crippen LogP contribution in [0.3, 0.4) is 0 Å². The van der Waals surface area contributed by atoms with E-state index in [2.05, 4.69) is 46.6 Å². The third kappa shape index (κ3) is 3.67. The lowest BCUT2D eigenvalue weighted by Crippen LogP contribution is -2.17. The van der Waals surface area contributed by atoms with Gasteiger partial charge >= 0.3 is 0 Å². The van der Waals surface area contributed by atoms with Crippen LogP contribution in [0.4, 0.5) is 0 Å². The van der Waals surface area contributed by atoms with Gasteiger partial charge in [0, 0.05) is 26.6 Å². The van der Waals surface area contributed by atoms with Crippen LogP contribution in [0.1, 0.15) is 17.0 Å². The molecule has 2 aromatic rings. The average molecular weight is 230 g/mol. The molecule has 1 heterocycles. The molecule has 0 spiro atoms. The molecule has 0 aliphatic rings. The SMILES string of the molecule is Cc1ccc(CNCCc2ncn(C)n2)cc1. The lowest BCUT2D eigenvalue weighted by atomic mass is 10.1. The first-order chi connectivity index (χ1) is 8.24. The summed E-state index contributed by atoms with van der Waals surface area (Å²) in [7, 11) is 1.89. The van der Waals surface area contributed by atoms with Gasteiger partial charge in [-0.1, -0.05) is 29.8 Å². The first-order valence-electron chi connectivity index (χ1n) is 5.85. The van der Waals surface area contributed by atoms with Gasteiger partial charge in [-0.05, 0) is 12.5 Å². The van der Waals surface area contributed by atoms with Crippen molar-refractivity contribution in [3.63, 3.8) is 0 Å². The monoisotopic (exact) mass is 230 g/mol. The van der Waals surface area contributed by atoms with Gasteiger partial charge in [-0.25, -0.2) is 4.98 Å². The van der Waals surface area contributed by atoms with Crippen molar-refractivity contribution >= 4 is 0 Å². The quantitative estimate of drug-likeness (QED) is 0.791. The topological polar surface area (TPSA) is 42.7 Å². The van der Waals surface area contributed by atoms with E-state index in [-0.39, 0.29) is 0 Å². The van der Waals surface area contributed by atoms with Crippen LogP contribution in [0.2, 0.25) is 0 Å². The Morgan fingerprint density at radius 2 is 2.00 bits per heavy atom. The van der Waals surface area contributed by atoms with E-state index in [1.54, 1.807) is 11.0 Å². The van der Waals surface area contributed by atoms with E-state index < -0.39 is 0 Å². The number of nitrogens with one attached hydrogen (secondary N) is 1. The maximum absolute atomic E-state index is 4.23. The molecular formula is C13H18N4. The highest BCUT2D eigenvalue weighted by molar-refractivity contribution is 5.21. The molecule has 0 saturated heterocycles. The Kier molecular flexibility index (Phi) is 3.88. The third-order valence-electron chi connectivity index (χ3n) is 2.62. The number of aryl methyl sites for hydroxylation is 2. The molecule has 17 heavy (non-hydrogen) atoms. The lowest BCUT2D eigenvalue weighted by Gasteiger charge is -2.03. The Labute approximate surface area is 102 Å². The van der Waals surface area contributed by atoms with Gasteiger partial charge in [-0.15, -0.1) is 0 Å². The summed E-state index contributed by atoms with van der Waals surface area (Å²) >= 11 is 0. The Morgan fingerprint density at radius 3 is 2.65 bits per heavy atom. The molecule has 0 unspecified atom stereocenters. The van der Waals surface area contributed by atoms with Gasteiger partial charge < -0.3 is 5.32 Å². The minimum atomic E-state index is 0.868. The first kappa shape index (κ1) is 11.8. The second kappa shape index (κ2) is 5.59. The maximum Gasteiger partial charge on any atom is 0.151 e. The van der Waals surface area contributed by atoms with Gasteiger partial charge in [0.05, 0.1) is 0 Å². The number of benzene rings is 1. The van der Waals surface area contributed by atoms with Crippen molar-refractivity contribution in [2.45, 2.75) is 19.9 Å². The summed E-state index contributed by atoms with van der Waals surface area (Å²) < 4.78 is 1.73. The van der Waals surface area contributed by atoms with Crippen LogP contribution in [0.25, 0.3) is 0 Å². The van der Waals surface area contributed by atoms with E-state index in [4.69, 9.17) is 0 Å². The van der Waals surface area contributed by atoms with Crippen LogP contribution in [0, 0.1) is 6.92 Å². The van der Waals surface area contributed by atoms with Crippen molar-refractivity contribution in [1.82, 2.24) is 20.1 Å². The summed E-state index contributed by atoms with van der Waals surface area (Å²) in [6.45, 7) is 3.90. The lowest BCUT2D eigenvalue weighted by molar-refractivity contribution is 0.661. The third-order valence-corrected chi connectivity index (χ3v) is 2.62. The van der Waals surface area contributed by atoms with Gasteiger partial charge in [0.1, 0.15) is 6.33 Å². The molecule has 0 bridgehead atoms. The molecule has 0 amide bonds. The van der Waals surface area contributed by atoms with E-state index in [1.165, 1.54) is 11.1 Å². The molecule has 0 saturated carbocycles. The number of aromatic nitrogens is 3. The molecule has 4 nitrogen and oxygen atoms in total. The second-order valence-electron chi connectivity index (χ2n) is 4.25. The minimum Gasteiger partial charge on any atom is -0.312 e. The Bertz CT molecular complexity index is 459. The van der Waals surface area contributed by atoms with Gasteiger partial charge in [-0.2, -0.15) is 5.10 Å². The molecule has 90 valence electrons. The van der Waals surface area contributed by atoms with E-state index >= 15 is 0 Å². The normalized spacial score (nSPS) is 10.7. The molecule has 0 aliphatic carbocycles. The van der Waals surface area contributed by atoms with Gasteiger partial charge in [0.25, 0.3) is 0 Å².